The van der Waals surface area contributed by atoms with Crippen molar-refractivity contribution in [2.75, 3.05) is 0 Å². The third-order valence-electron chi connectivity index (χ3n) is 5.61. The predicted molar refractivity (Wildman–Crippen MR) is 98.0 cm³/mol. The summed E-state index contributed by atoms with van der Waals surface area (Å²) in [7, 11) is 0. The molecule has 28 heavy (non-hydrogen) atoms. The summed E-state index contributed by atoms with van der Waals surface area (Å²) in [5.41, 5.74) is 2.15. The predicted octanol–water partition coefficient (Wildman–Crippen LogP) is 1.47. The molecule has 4 amide bonds. The van der Waals surface area contributed by atoms with E-state index in [2.05, 4.69) is 10.6 Å². The van der Waals surface area contributed by atoms with Gasteiger partial charge in [-0.3, -0.25) is 19.7 Å². The standard InChI is InChI=1S/C20H23N3O5/c1-11(13-4-5-13)28-20(27)21-9-12-2-3-14-10-23(19(26)15(14)8-12)16-6-7-17(24)22-18(16)25/h2-3,8,11,13,16H,4-7,9-10H2,1H3,(H,21,27)(H,22,24,25)/t11-,16?/m0/s1. The number of rotatable bonds is 5. The Kier molecular flexibility index (Phi) is 4.78. The van der Waals surface area contributed by atoms with E-state index in [1.165, 1.54) is 4.90 Å². The van der Waals surface area contributed by atoms with Gasteiger partial charge in [0.15, 0.2) is 0 Å². The van der Waals surface area contributed by atoms with E-state index < -0.39 is 18.0 Å². The number of carbonyl (C=O) groups excluding carboxylic acids is 4. The second-order valence-corrected chi connectivity index (χ2v) is 7.69. The van der Waals surface area contributed by atoms with Crippen molar-refractivity contribution in [2.45, 2.75) is 57.8 Å². The minimum Gasteiger partial charge on any atom is -0.446 e. The maximum atomic E-state index is 12.8. The van der Waals surface area contributed by atoms with Crippen molar-refractivity contribution < 1.29 is 23.9 Å². The van der Waals surface area contributed by atoms with E-state index in [-0.39, 0.29) is 30.9 Å². The molecule has 1 saturated heterocycles. The van der Waals surface area contributed by atoms with Crippen LogP contribution in [0, 0.1) is 5.92 Å². The van der Waals surface area contributed by atoms with Crippen molar-refractivity contribution in [3.63, 3.8) is 0 Å². The van der Waals surface area contributed by atoms with Crippen molar-refractivity contribution in [2.24, 2.45) is 5.92 Å². The monoisotopic (exact) mass is 385 g/mol. The van der Waals surface area contributed by atoms with Gasteiger partial charge in [-0.05, 0) is 49.3 Å². The van der Waals surface area contributed by atoms with Crippen LogP contribution < -0.4 is 10.6 Å². The van der Waals surface area contributed by atoms with E-state index >= 15 is 0 Å². The molecular formula is C20H23N3O5. The summed E-state index contributed by atoms with van der Waals surface area (Å²) in [4.78, 5) is 49.6. The van der Waals surface area contributed by atoms with E-state index in [4.69, 9.17) is 4.74 Å². The molecule has 8 nitrogen and oxygen atoms in total. The van der Waals surface area contributed by atoms with Crippen LogP contribution in [0.4, 0.5) is 4.79 Å². The minimum atomic E-state index is -0.627. The molecule has 2 N–H and O–H groups in total. The Bertz CT molecular complexity index is 848. The molecular weight excluding hydrogens is 362 g/mol. The second-order valence-electron chi connectivity index (χ2n) is 7.69. The third-order valence-corrected chi connectivity index (χ3v) is 5.61. The highest BCUT2D eigenvalue weighted by molar-refractivity contribution is 6.05. The average Bonchev–Trinajstić information content (AvgIpc) is 3.46. The van der Waals surface area contributed by atoms with Gasteiger partial charge in [0, 0.05) is 25.1 Å². The number of hydrogen-bond donors (Lipinski definition) is 2. The Morgan fingerprint density at radius 2 is 2.07 bits per heavy atom. The molecule has 1 aromatic rings. The van der Waals surface area contributed by atoms with Gasteiger partial charge in [0.1, 0.15) is 12.1 Å². The first-order chi connectivity index (χ1) is 13.4. The van der Waals surface area contributed by atoms with Crippen LogP contribution in [0.1, 0.15) is 54.1 Å². The zero-order valence-corrected chi connectivity index (χ0v) is 15.7. The quantitative estimate of drug-likeness (QED) is 0.747. The smallest absolute Gasteiger partial charge is 0.407 e. The maximum Gasteiger partial charge on any atom is 0.407 e. The highest BCUT2D eigenvalue weighted by Crippen LogP contribution is 2.34. The molecule has 0 aromatic heterocycles. The fourth-order valence-corrected chi connectivity index (χ4v) is 3.76. The summed E-state index contributed by atoms with van der Waals surface area (Å²) in [5.74, 6) is -0.480. The number of fused-ring (bicyclic) bond motifs is 1. The lowest BCUT2D eigenvalue weighted by atomic mass is 10.0. The van der Waals surface area contributed by atoms with Crippen LogP contribution in [0.2, 0.25) is 0 Å². The van der Waals surface area contributed by atoms with Gasteiger partial charge in [-0.25, -0.2) is 4.79 Å². The Morgan fingerprint density at radius 1 is 1.29 bits per heavy atom. The number of nitrogens with zero attached hydrogens (tertiary/aromatic N) is 1. The lowest BCUT2D eigenvalue weighted by Gasteiger charge is -2.29. The molecule has 1 aliphatic carbocycles. The highest BCUT2D eigenvalue weighted by atomic mass is 16.6. The fourth-order valence-electron chi connectivity index (χ4n) is 3.76. The zero-order chi connectivity index (χ0) is 19.8. The Labute approximate surface area is 162 Å². The summed E-state index contributed by atoms with van der Waals surface area (Å²) >= 11 is 0. The first kappa shape index (κ1) is 18.5. The molecule has 2 fully saturated rings. The van der Waals surface area contributed by atoms with Crippen LogP contribution in [-0.2, 0) is 27.4 Å². The lowest BCUT2D eigenvalue weighted by molar-refractivity contribution is -0.136. The van der Waals surface area contributed by atoms with Gasteiger partial charge >= 0.3 is 6.09 Å². The largest absolute Gasteiger partial charge is 0.446 e. The topological polar surface area (TPSA) is 105 Å². The van der Waals surface area contributed by atoms with Gasteiger partial charge < -0.3 is 15.0 Å². The normalized spacial score (nSPS) is 22.5. The van der Waals surface area contributed by atoms with Crippen molar-refractivity contribution in [3.8, 4) is 0 Å². The molecule has 0 bridgehead atoms. The first-order valence-electron chi connectivity index (χ1n) is 9.63. The van der Waals surface area contributed by atoms with Crippen molar-refractivity contribution in [3.05, 3.63) is 34.9 Å². The van der Waals surface area contributed by atoms with Crippen molar-refractivity contribution in [1.29, 1.82) is 0 Å². The van der Waals surface area contributed by atoms with Gasteiger partial charge in [0.25, 0.3) is 5.91 Å². The molecule has 1 aromatic carbocycles. The lowest BCUT2D eigenvalue weighted by Crippen LogP contribution is -2.52. The summed E-state index contributed by atoms with van der Waals surface area (Å²) in [5, 5.41) is 5.01. The van der Waals surface area contributed by atoms with Gasteiger partial charge in [-0.1, -0.05) is 12.1 Å². The summed E-state index contributed by atoms with van der Waals surface area (Å²) in [6.07, 6.45) is 2.23. The Hall–Kier alpha value is -2.90. The third kappa shape index (κ3) is 3.72. The Morgan fingerprint density at radius 3 is 2.79 bits per heavy atom. The molecule has 0 spiro atoms. The van der Waals surface area contributed by atoms with Crippen LogP contribution in [-0.4, -0.2) is 40.9 Å². The number of piperidine rings is 1. The summed E-state index contributed by atoms with van der Waals surface area (Å²) < 4.78 is 5.33. The minimum absolute atomic E-state index is 0.0799. The molecule has 1 unspecified atom stereocenters. The van der Waals surface area contributed by atoms with E-state index in [0.29, 0.717) is 24.4 Å². The number of carbonyl (C=O) groups is 4. The average molecular weight is 385 g/mol. The molecule has 0 radical (unpaired) electrons. The number of ether oxygens (including phenoxy) is 1. The number of hydrogen-bond acceptors (Lipinski definition) is 5. The number of amides is 4. The van der Waals surface area contributed by atoms with E-state index in [0.717, 1.165) is 24.0 Å². The summed E-state index contributed by atoms with van der Waals surface area (Å²) in [6.45, 7) is 2.50. The van der Waals surface area contributed by atoms with Gasteiger partial charge in [0.2, 0.25) is 11.8 Å². The molecule has 4 rings (SSSR count). The first-order valence-corrected chi connectivity index (χ1v) is 9.63. The number of imide groups is 1. The van der Waals surface area contributed by atoms with Gasteiger partial charge in [-0.15, -0.1) is 0 Å². The SMILES string of the molecule is C[C@H](OC(=O)NCc1ccc2c(c1)C(=O)N(C1CCC(=O)NC1=O)C2)C1CC1. The number of nitrogens with one attached hydrogen (secondary N) is 2. The van der Waals surface area contributed by atoms with Gasteiger partial charge in [0.05, 0.1) is 0 Å². The number of benzene rings is 1. The highest BCUT2D eigenvalue weighted by Gasteiger charge is 2.39. The van der Waals surface area contributed by atoms with E-state index in [1.54, 1.807) is 6.07 Å². The van der Waals surface area contributed by atoms with Crippen LogP contribution in [0.3, 0.4) is 0 Å². The van der Waals surface area contributed by atoms with Crippen molar-refractivity contribution >= 4 is 23.8 Å². The van der Waals surface area contributed by atoms with Crippen LogP contribution in [0.5, 0.6) is 0 Å². The fraction of sp³-hybridized carbons (Fsp3) is 0.500. The summed E-state index contributed by atoms with van der Waals surface area (Å²) in [6, 6.07) is 4.81. The molecule has 148 valence electrons. The van der Waals surface area contributed by atoms with Crippen LogP contribution in [0.15, 0.2) is 18.2 Å². The Balaban J connectivity index is 1.38. The zero-order valence-electron chi connectivity index (χ0n) is 15.7. The molecule has 3 aliphatic rings. The molecule has 2 aliphatic heterocycles. The van der Waals surface area contributed by atoms with E-state index in [9.17, 15) is 19.2 Å². The van der Waals surface area contributed by atoms with Crippen LogP contribution in [0.25, 0.3) is 0 Å². The molecule has 1 saturated carbocycles. The molecule has 2 atom stereocenters. The van der Waals surface area contributed by atoms with Crippen LogP contribution >= 0.6 is 0 Å². The van der Waals surface area contributed by atoms with Gasteiger partial charge in [-0.2, -0.15) is 0 Å². The molecule has 8 heteroatoms. The second kappa shape index (κ2) is 7.26. The maximum absolute atomic E-state index is 12.8. The molecule has 2 heterocycles. The van der Waals surface area contributed by atoms with Crippen molar-refractivity contribution in [1.82, 2.24) is 15.5 Å². The number of alkyl carbamates (subject to hydrolysis) is 1. The van der Waals surface area contributed by atoms with E-state index in [1.807, 2.05) is 19.1 Å².